The molecule has 0 spiro atoms. The van der Waals surface area contributed by atoms with Crippen molar-refractivity contribution >= 4 is 23.4 Å². The molecule has 21 heavy (non-hydrogen) atoms. The van der Waals surface area contributed by atoms with E-state index in [4.69, 9.17) is 5.11 Å². The molecular formula is C14H14N4O3. The summed E-state index contributed by atoms with van der Waals surface area (Å²) < 4.78 is 0. The molecule has 0 atom stereocenters. The summed E-state index contributed by atoms with van der Waals surface area (Å²) in [5.74, 6) is -0.803. The first kappa shape index (κ1) is 14.4. The summed E-state index contributed by atoms with van der Waals surface area (Å²) in [4.78, 5) is 32.7. The van der Waals surface area contributed by atoms with Crippen molar-refractivity contribution in [1.29, 1.82) is 0 Å². The number of amides is 1. The van der Waals surface area contributed by atoms with Crippen molar-refractivity contribution in [3.05, 3.63) is 47.9 Å². The lowest BCUT2D eigenvalue weighted by atomic mass is 10.2. The first-order chi connectivity index (χ1) is 9.97. The van der Waals surface area contributed by atoms with Crippen LogP contribution in [0.4, 0.5) is 11.5 Å². The van der Waals surface area contributed by atoms with E-state index in [1.54, 1.807) is 17.0 Å². The molecule has 0 aromatic carbocycles. The molecule has 0 aliphatic rings. The van der Waals surface area contributed by atoms with E-state index in [1.807, 2.05) is 14.1 Å². The predicted octanol–water partition coefficient (Wildman–Crippen LogP) is 1.49. The van der Waals surface area contributed by atoms with Gasteiger partial charge in [0.2, 0.25) is 0 Å². The number of carboxylic acids is 1. The summed E-state index contributed by atoms with van der Waals surface area (Å²) in [5, 5.41) is 11.5. The lowest BCUT2D eigenvalue weighted by Gasteiger charge is -2.12. The zero-order valence-electron chi connectivity index (χ0n) is 11.6. The summed E-state index contributed by atoms with van der Waals surface area (Å²) >= 11 is 0. The minimum absolute atomic E-state index is 0.0107. The van der Waals surface area contributed by atoms with E-state index in [9.17, 15) is 9.59 Å². The molecule has 1 amide bonds. The topological polar surface area (TPSA) is 95.4 Å². The van der Waals surface area contributed by atoms with Gasteiger partial charge in [0.1, 0.15) is 5.82 Å². The molecule has 2 rings (SSSR count). The van der Waals surface area contributed by atoms with Gasteiger partial charge in [0, 0.05) is 32.1 Å². The second-order valence-corrected chi connectivity index (χ2v) is 4.52. The van der Waals surface area contributed by atoms with Crippen LogP contribution >= 0.6 is 0 Å². The van der Waals surface area contributed by atoms with Crippen LogP contribution in [0.5, 0.6) is 0 Å². The van der Waals surface area contributed by atoms with Gasteiger partial charge >= 0.3 is 5.97 Å². The summed E-state index contributed by atoms with van der Waals surface area (Å²) in [6, 6.07) is 4.57. The molecule has 0 fully saturated rings. The van der Waals surface area contributed by atoms with Gasteiger partial charge in [-0.3, -0.25) is 9.78 Å². The van der Waals surface area contributed by atoms with Gasteiger partial charge in [-0.05, 0) is 18.2 Å². The van der Waals surface area contributed by atoms with Crippen molar-refractivity contribution in [2.75, 3.05) is 24.3 Å². The first-order valence-electron chi connectivity index (χ1n) is 6.10. The zero-order valence-corrected chi connectivity index (χ0v) is 11.6. The molecule has 108 valence electrons. The van der Waals surface area contributed by atoms with Crippen LogP contribution in [-0.4, -0.2) is 41.0 Å². The molecule has 2 aromatic heterocycles. The fourth-order valence-corrected chi connectivity index (χ4v) is 1.63. The highest BCUT2D eigenvalue weighted by atomic mass is 16.4. The Kier molecular flexibility index (Phi) is 4.13. The molecule has 7 nitrogen and oxygen atoms in total. The highest BCUT2D eigenvalue weighted by Crippen LogP contribution is 2.13. The van der Waals surface area contributed by atoms with Gasteiger partial charge in [0.05, 0.1) is 17.4 Å². The number of nitrogens with one attached hydrogen (secondary N) is 1. The smallest absolute Gasteiger partial charge is 0.337 e. The Bertz CT molecular complexity index is 685. The lowest BCUT2D eigenvalue weighted by molar-refractivity contribution is 0.0696. The number of hydrogen-bond acceptors (Lipinski definition) is 5. The number of hydrogen-bond donors (Lipinski definition) is 2. The number of pyridine rings is 2. The van der Waals surface area contributed by atoms with E-state index >= 15 is 0 Å². The third-order valence-corrected chi connectivity index (χ3v) is 2.71. The van der Waals surface area contributed by atoms with Crippen LogP contribution in [0.25, 0.3) is 0 Å². The fourth-order valence-electron chi connectivity index (χ4n) is 1.63. The molecule has 0 radical (unpaired) electrons. The van der Waals surface area contributed by atoms with Crippen molar-refractivity contribution in [3.63, 3.8) is 0 Å². The quantitative estimate of drug-likeness (QED) is 0.884. The van der Waals surface area contributed by atoms with E-state index in [0.29, 0.717) is 17.1 Å². The van der Waals surface area contributed by atoms with Crippen LogP contribution in [0.15, 0.2) is 36.8 Å². The molecule has 0 bridgehead atoms. The fraction of sp³-hybridized carbons (Fsp3) is 0.143. The van der Waals surface area contributed by atoms with Crippen LogP contribution in [0, 0.1) is 0 Å². The minimum Gasteiger partial charge on any atom is -0.478 e. The third-order valence-electron chi connectivity index (χ3n) is 2.71. The molecule has 2 heterocycles. The van der Waals surface area contributed by atoms with Crippen molar-refractivity contribution in [3.8, 4) is 0 Å². The predicted molar refractivity (Wildman–Crippen MR) is 77.7 cm³/mol. The number of aromatic carboxylic acids is 1. The number of rotatable bonds is 4. The molecule has 0 unspecified atom stereocenters. The molecule has 7 heteroatoms. The van der Waals surface area contributed by atoms with Gasteiger partial charge in [-0.25, -0.2) is 9.78 Å². The van der Waals surface area contributed by atoms with E-state index < -0.39 is 5.97 Å². The van der Waals surface area contributed by atoms with Crippen molar-refractivity contribution in [1.82, 2.24) is 9.97 Å². The largest absolute Gasteiger partial charge is 0.478 e. The Morgan fingerprint density at radius 2 is 1.95 bits per heavy atom. The van der Waals surface area contributed by atoms with Gasteiger partial charge in [0.25, 0.3) is 5.91 Å². The maximum absolute atomic E-state index is 12.1. The molecule has 0 aliphatic carbocycles. The summed E-state index contributed by atoms with van der Waals surface area (Å²) in [6.07, 6.45) is 4.14. The summed E-state index contributed by atoms with van der Waals surface area (Å²) in [7, 11) is 3.65. The van der Waals surface area contributed by atoms with Crippen LogP contribution in [-0.2, 0) is 0 Å². The standard InChI is InChI=1S/C14H14N4O3/c1-18(2)12-6-9(3-4-16-12)13(19)17-11-5-10(14(20)21)7-15-8-11/h3-8H,1-2H3,(H,17,19)(H,20,21). The first-order valence-corrected chi connectivity index (χ1v) is 6.10. The normalized spacial score (nSPS) is 10.0. The minimum atomic E-state index is -1.10. The number of anilines is 2. The van der Waals surface area contributed by atoms with Gasteiger partial charge in [0.15, 0.2) is 0 Å². The molecular weight excluding hydrogens is 272 g/mol. The number of carbonyl (C=O) groups excluding carboxylic acids is 1. The van der Waals surface area contributed by atoms with Gasteiger partial charge < -0.3 is 15.3 Å². The Morgan fingerprint density at radius 1 is 1.19 bits per heavy atom. The zero-order chi connectivity index (χ0) is 15.4. The van der Waals surface area contributed by atoms with Crippen molar-refractivity contribution < 1.29 is 14.7 Å². The monoisotopic (exact) mass is 286 g/mol. The molecule has 2 N–H and O–H groups in total. The third kappa shape index (κ3) is 3.53. The van der Waals surface area contributed by atoms with Gasteiger partial charge in [-0.1, -0.05) is 0 Å². The van der Waals surface area contributed by atoms with Crippen LogP contribution < -0.4 is 10.2 Å². The summed E-state index contributed by atoms with van der Waals surface area (Å²) in [5.41, 5.74) is 0.758. The molecule has 0 saturated carbocycles. The Balaban J connectivity index is 2.20. The Morgan fingerprint density at radius 3 is 2.62 bits per heavy atom. The molecule has 0 saturated heterocycles. The van der Waals surface area contributed by atoms with E-state index in [2.05, 4.69) is 15.3 Å². The van der Waals surface area contributed by atoms with Gasteiger partial charge in [-0.2, -0.15) is 0 Å². The highest BCUT2D eigenvalue weighted by molar-refractivity contribution is 6.05. The number of nitrogens with zero attached hydrogens (tertiary/aromatic N) is 3. The maximum atomic E-state index is 12.1. The average molecular weight is 286 g/mol. The SMILES string of the molecule is CN(C)c1cc(C(=O)Nc2cncc(C(=O)O)c2)ccn1. The van der Waals surface area contributed by atoms with Crippen LogP contribution in [0.3, 0.4) is 0 Å². The highest BCUT2D eigenvalue weighted by Gasteiger charge is 2.10. The van der Waals surface area contributed by atoms with Crippen molar-refractivity contribution in [2.45, 2.75) is 0 Å². The number of carbonyl (C=O) groups is 2. The second-order valence-electron chi connectivity index (χ2n) is 4.52. The molecule has 2 aromatic rings. The Hall–Kier alpha value is -2.96. The van der Waals surface area contributed by atoms with Crippen LogP contribution in [0.2, 0.25) is 0 Å². The molecule has 0 aliphatic heterocycles. The number of carboxylic acid groups (broad SMARTS) is 1. The maximum Gasteiger partial charge on any atom is 0.337 e. The number of aromatic nitrogens is 2. The van der Waals surface area contributed by atoms with Crippen molar-refractivity contribution in [2.24, 2.45) is 0 Å². The average Bonchev–Trinajstić information content (AvgIpc) is 2.47. The second kappa shape index (κ2) is 6.00. The van der Waals surface area contributed by atoms with Gasteiger partial charge in [-0.15, -0.1) is 0 Å². The summed E-state index contributed by atoms with van der Waals surface area (Å²) in [6.45, 7) is 0. The van der Waals surface area contributed by atoms with Crippen LogP contribution in [0.1, 0.15) is 20.7 Å². The van der Waals surface area contributed by atoms with E-state index in [-0.39, 0.29) is 11.5 Å². The Labute approximate surface area is 121 Å². The van der Waals surface area contributed by atoms with E-state index in [0.717, 1.165) is 0 Å². The van der Waals surface area contributed by atoms with E-state index in [1.165, 1.54) is 24.7 Å². The lowest BCUT2D eigenvalue weighted by Crippen LogP contribution is -2.15.